The molecule has 0 bridgehead atoms. The van der Waals surface area contributed by atoms with Crippen molar-refractivity contribution >= 4 is 5.69 Å². The quantitative estimate of drug-likeness (QED) is 0.675. The number of benzene rings is 3. The maximum Gasteiger partial charge on any atom is 0.127 e. The summed E-state index contributed by atoms with van der Waals surface area (Å²) >= 11 is 0. The van der Waals surface area contributed by atoms with Crippen molar-refractivity contribution < 1.29 is 4.74 Å². The first-order valence-electron chi connectivity index (χ1n) is 7.93. The van der Waals surface area contributed by atoms with Gasteiger partial charge in [-0.3, -0.25) is 0 Å². The van der Waals surface area contributed by atoms with Crippen molar-refractivity contribution in [3.63, 3.8) is 0 Å². The molecule has 0 unspecified atom stereocenters. The lowest BCUT2D eigenvalue weighted by molar-refractivity contribution is 0.342. The Morgan fingerprint density at radius 3 is 1.83 bits per heavy atom. The van der Waals surface area contributed by atoms with Crippen LogP contribution in [0.1, 0.15) is 6.92 Å². The Morgan fingerprint density at radius 1 is 0.739 bits per heavy atom. The third-order valence-electron chi connectivity index (χ3n) is 3.86. The van der Waals surface area contributed by atoms with Gasteiger partial charge in [0.25, 0.3) is 0 Å². The molecular weight excluding hydrogens is 282 g/mol. The van der Waals surface area contributed by atoms with Gasteiger partial charge in [0.05, 0.1) is 6.61 Å². The molecule has 0 amide bonds. The van der Waals surface area contributed by atoms with Gasteiger partial charge in [-0.25, -0.2) is 0 Å². The van der Waals surface area contributed by atoms with Crippen LogP contribution in [-0.4, -0.2) is 13.7 Å². The molecule has 0 fully saturated rings. The number of rotatable bonds is 5. The zero-order chi connectivity index (χ0) is 16.1. The van der Waals surface area contributed by atoms with E-state index in [1.165, 1.54) is 11.1 Å². The fraction of sp³-hybridized carbons (Fsp3) is 0.143. The molecule has 116 valence electrons. The zero-order valence-electron chi connectivity index (χ0n) is 13.5. The van der Waals surface area contributed by atoms with Crippen molar-refractivity contribution in [2.24, 2.45) is 0 Å². The van der Waals surface area contributed by atoms with E-state index < -0.39 is 0 Å². The molecule has 3 aromatic carbocycles. The van der Waals surface area contributed by atoms with Crippen LogP contribution in [0.15, 0.2) is 72.8 Å². The van der Waals surface area contributed by atoms with Crippen LogP contribution in [0.3, 0.4) is 0 Å². The summed E-state index contributed by atoms with van der Waals surface area (Å²) in [6.07, 6.45) is 0. The fourth-order valence-corrected chi connectivity index (χ4v) is 2.86. The van der Waals surface area contributed by atoms with Crippen LogP contribution < -0.4 is 10.1 Å². The van der Waals surface area contributed by atoms with Crippen LogP contribution in [0.2, 0.25) is 0 Å². The zero-order valence-corrected chi connectivity index (χ0v) is 13.5. The molecule has 0 aliphatic rings. The minimum atomic E-state index is 0.646. The third kappa shape index (κ3) is 3.07. The largest absolute Gasteiger partial charge is 0.493 e. The molecule has 0 saturated carbocycles. The van der Waals surface area contributed by atoms with E-state index in [9.17, 15) is 0 Å². The second kappa shape index (κ2) is 7.01. The van der Waals surface area contributed by atoms with E-state index >= 15 is 0 Å². The lowest BCUT2D eigenvalue weighted by Gasteiger charge is -2.19. The van der Waals surface area contributed by atoms with Crippen LogP contribution >= 0.6 is 0 Å². The van der Waals surface area contributed by atoms with Crippen LogP contribution in [0, 0.1) is 0 Å². The Morgan fingerprint density at radius 2 is 1.30 bits per heavy atom. The van der Waals surface area contributed by atoms with E-state index in [-0.39, 0.29) is 0 Å². The molecule has 23 heavy (non-hydrogen) atoms. The molecule has 0 atom stereocenters. The van der Waals surface area contributed by atoms with Gasteiger partial charge in [-0.05, 0) is 30.2 Å². The molecule has 3 aromatic rings. The second-order valence-electron chi connectivity index (χ2n) is 5.28. The van der Waals surface area contributed by atoms with Gasteiger partial charge in [-0.2, -0.15) is 0 Å². The summed E-state index contributed by atoms with van der Waals surface area (Å²) in [5.41, 5.74) is 5.73. The average Bonchev–Trinajstić information content (AvgIpc) is 2.63. The molecule has 2 nitrogen and oxygen atoms in total. The Hall–Kier alpha value is -2.74. The molecule has 0 aliphatic carbocycles. The summed E-state index contributed by atoms with van der Waals surface area (Å²) in [5, 5.41) is 3.32. The normalized spacial score (nSPS) is 10.3. The molecule has 0 aromatic heterocycles. The molecule has 2 heteroatoms. The predicted octanol–water partition coefficient (Wildman–Crippen LogP) is 5.46. The maximum absolute atomic E-state index is 5.93. The first-order chi connectivity index (χ1) is 11.3. The standard InChI is InChI=1S/C21H21NO/c1-3-23-19-15-14-18(22-2)20(16-10-6-4-7-11-16)21(19)17-12-8-5-9-13-17/h4-15,22H,3H2,1-2H3. The van der Waals surface area contributed by atoms with E-state index in [1.54, 1.807) is 0 Å². The van der Waals surface area contributed by atoms with Crippen LogP contribution in [0.4, 0.5) is 5.69 Å². The van der Waals surface area contributed by atoms with Gasteiger partial charge in [0, 0.05) is 23.9 Å². The summed E-state index contributed by atoms with van der Waals surface area (Å²) in [6.45, 7) is 2.66. The van der Waals surface area contributed by atoms with Gasteiger partial charge in [0.2, 0.25) is 0 Å². The summed E-state index contributed by atoms with van der Waals surface area (Å²) in [4.78, 5) is 0. The van der Waals surface area contributed by atoms with Crippen LogP contribution in [0.5, 0.6) is 5.75 Å². The molecule has 0 radical (unpaired) electrons. The lowest BCUT2D eigenvalue weighted by Crippen LogP contribution is -2.00. The average molecular weight is 303 g/mol. The van der Waals surface area contributed by atoms with Crippen LogP contribution in [0.25, 0.3) is 22.3 Å². The van der Waals surface area contributed by atoms with Crippen molar-refractivity contribution in [3.05, 3.63) is 72.8 Å². The SMILES string of the molecule is CCOc1ccc(NC)c(-c2ccccc2)c1-c1ccccc1. The van der Waals surface area contributed by atoms with Crippen LogP contribution in [-0.2, 0) is 0 Å². The summed E-state index contributed by atoms with van der Waals surface area (Å²) in [5.74, 6) is 0.913. The monoisotopic (exact) mass is 303 g/mol. The number of ether oxygens (including phenoxy) is 1. The van der Waals surface area contributed by atoms with Crippen molar-refractivity contribution in [1.82, 2.24) is 0 Å². The van der Waals surface area contributed by atoms with Gasteiger partial charge >= 0.3 is 0 Å². The highest BCUT2D eigenvalue weighted by Crippen LogP contribution is 2.43. The lowest BCUT2D eigenvalue weighted by atomic mass is 9.92. The van der Waals surface area contributed by atoms with E-state index in [2.05, 4.69) is 59.9 Å². The number of anilines is 1. The molecule has 0 heterocycles. The maximum atomic E-state index is 5.93. The van der Waals surface area contributed by atoms with Crippen molar-refractivity contribution in [2.75, 3.05) is 19.0 Å². The van der Waals surface area contributed by atoms with E-state index in [0.29, 0.717) is 6.61 Å². The van der Waals surface area contributed by atoms with Gasteiger partial charge in [-0.15, -0.1) is 0 Å². The first kappa shape index (κ1) is 15.2. The summed E-state index contributed by atoms with van der Waals surface area (Å²) in [6, 6.07) is 25.0. The van der Waals surface area contributed by atoms with Crippen molar-refractivity contribution in [1.29, 1.82) is 0 Å². The van der Waals surface area contributed by atoms with Gasteiger partial charge in [0.15, 0.2) is 0 Å². The van der Waals surface area contributed by atoms with Crippen molar-refractivity contribution in [3.8, 4) is 28.0 Å². The summed E-state index contributed by atoms with van der Waals surface area (Å²) < 4.78 is 5.93. The highest BCUT2D eigenvalue weighted by Gasteiger charge is 2.17. The second-order valence-corrected chi connectivity index (χ2v) is 5.28. The topological polar surface area (TPSA) is 21.3 Å². The van der Waals surface area contributed by atoms with Crippen molar-refractivity contribution in [2.45, 2.75) is 6.92 Å². The Bertz CT molecular complexity index is 767. The Kier molecular flexibility index (Phi) is 4.62. The Balaban J connectivity index is 2.32. The summed E-state index contributed by atoms with van der Waals surface area (Å²) in [7, 11) is 1.96. The molecule has 3 rings (SSSR count). The molecule has 0 aliphatic heterocycles. The number of nitrogens with one attached hydrogen (secondary N) is 1. The fourth-order valence-electron chi connectivity index (χ4n) is 2.86. The molecular formula is C21H21NO. The minimum absolute atomic E-state index is 0.646. The van der Waals surface area contributed by atoms with Gasteiger partial charge in [0.1, 0.15) is 5.75 Å². The highest BCUT2D eigenvalue weighted by molar-refractivity contribution is 5.95. The predicted molar refractivity (Wildman–Crippen MR) is 98.0 cm³/mol. The number of hydrogen-bond acceptors (Lipinski definition) is 2. The minimum Gasteiger partial charge on any atom is -0.493 e. The van der Waals surface area contributed by atoms with E-state index in [4.69, 9.17) is 4.74 Å². The highest BCUT2D eigenvalue weighted by atomic mass is 16.5. The molecule has 0 saturated heterocycles. The molecule has 0 spiro atoms. The van der Waals surface area contributed by atoms with Gasteiger partial charge < -0.3 is 10.1 Å². The molecule has 1 N–H and O–H groups in total. The first-order valence-corrected chi connectivity index (χ1v) is 7.93. The smallest absolute Gasteiger partial charge is 0.127 e. The number of hydrogen-bond donors (Lipinski definition) is 1. The third-order valence-corrected chi connectivity index (χ3v) is 3.86. The Labute approximate surface area is 137 Å². The van der Waals surface area contributed by atoms with E-state index in [0.717, 1.165) is 22.6 Å². The van der Waals surface area contributed by atoms with E-state index in [1.807, 2.05) is 32.2 Å². The van der Waals surface area contributed by atoms with Gasteiger partial charge in [-0.1, -0.05) is 60.7 Å².